The van der Waals surface area contributed by atoms with Gasteiger partial charge in [-0.2, -0.15) is 5.10 Å². The van der Waals surface area contributed by atoms with Gasteiger partial charge >= 0.3 is 0 Å². The van der Waals surface area contributed by atoms with E-state index in [-0.39, 0.29) is 23.6 Å². The largest absolute Gasteiger partial charge is 0.363 e. The van der Waals surface area contributed by atoms with Crippen molar-refractivity contribution in [3.05, 3.63) is 102 Å². The molecule has 2 amide bonds. The molecule has 0 radical (unpaired) electrons. The van der Waals surface area contributed by atoms with E-state index in [2.05, 4.69) is 15.4 Å². The van der Waals surface area contributed by atoms with Crippen LogP contribution in [0.4, 0.5) is 4.39 Å². The molecule has 0 spiro atoms. The summed E-state index contributed by atoms with van der Waals surface area (Å²) in [6.45, 7) is 0. The van der Waals surface area contributed by atoms with E-state index in [9.17, 15) is 18.8 Å². The van der Waals surface area contributed by atoms with Gasteiger partial charge in [-0.05, 0) is 48.0 Å². The molecule has 4 rings (SSSR count). The number of nitrogens with zero attached hydrogens (tertiary/aromatic N) is 3. The number of nitrogens with two attached hydrogens (primary N) is 1. The number of hydrogen-bond donors (Lipinski definition) is 2. The Kier molecular flexibility index (Phi) is 6.54. The van der Waals surface area contributed by atoms with E-state index in [1.807, 2.05) is 6.07 Å². The third-order valence-corrected chi connectivity index (χ3v) is 5.12. The molecule has 0 fully saturated rings. The number of carbonyl (C=O) groups excluding carboxylic acids is 3. The zero-order valence-electron chi connectivity index (χ0n) is 17.9. The summed E-state index contributed by atoms with van der Waals surface area (Å²) in [5, 5.41) is 7.05. The van der Waals surface area contributed by atoms with E-state index < -0.39 is 23.6 Å². The number of hydrogen-bond acceptors (Lipinski definition) is 5. The first-order valence-corrected chi connectivity index (χ1v) is 10.4. The molecule has 1 atom stereocenters. The Balaban J connectivity index is 1.61. The Labute approximate surface area is 194 Å². The van der Waals surface area contributed by atoms with Crippen LogP contribution < -0.4 is 11.1 Å². The summed E-state index contributed by atoms with van der Waals surface area (Å²) < 4.78 is 14.6. The fourth-order valence-corrected chi connectivity index (χ4v) is 3.44. The summed E-state index contributed by atoms with van der Waals surface area (Å²) in [5.74, 6) is -2.79. The molecular formula is C25H20FN5O3. The molecule has 34 heavy (non-hydrogen) atoms. The maximum absolute atomic E-state index is 13.2. The van der Waals surface area contributed by atoms with Crippen LogP contribution in [0.25, 0.3) is 17.1 Å². The third kappa shape index (κ3) is 5.04. The van der Waals surface area contributed by atoms with Gasteiger partial charge in [0.25, 0.3) is 11.8 Å². The zero-order chi connectivity index (χ0) is 24.1. The fourth-order valence-electron chi connectivity index (χ4n) is 3.44. The molecule has 2 aromatic carbocycles. The molecule has 3 N–H and O–H groups in total. The molecule has 2 heterocycles. The number of aromatic nitrogens is 3. The monoisotopic (exact) mass is 457 g/mol. The Morgan fingerprint density at radius 3 is 2.41 bits per heavy atom. The van der Waals surface area contributed by atoms with Crippen LogP contribution in [0.15, 0.2) is 85.2 Å². The molecule has 0 aliphatic carbocycles. The molecule has 4 aromatic rings. The fraction of sp³-hybridized carbons (Fsp3) is 0.0800. The molecule has 8 nitrogen and oxygen atoms in total. The molecule has 170 valence electrons. The Morgan fingerprint density at radius 2 is 1.71 bits per heavy atom. The Bertz CT molecular complexity index is 1340. The maximum atomic E-state index is 13.2. The van der Waals surface area contributed by atoms with Crippen LogP contribution in [0, 0.1) is 5.82 Å². The molecule has 0 saturated heterocycles. The van der Waals surface area contributed by atoms with Gasteiger partial charge in [-0.25, -0.2) is 14.1 Å². The maximum Gasteiger partial charge on any atom is 0.287 e. The van der Waals surface area contributed by atoms with Crippen molar-refractivity contribution in [1.82, 2.24) is 20.1 Å². The Hall–Kier alpha value is -4.66. The van der Waals surface area contributed by atoms with Crippen molar-refractivity contribution in [2.75, 3.05) is 0 Å². The number of ketones is 1. The van der Waals surface area contributed by atoms with Crippen LogP contribution in [-0.2, 0) is 16.0 Å². The molecule has 0 aliphatic heterocycles. The van der Waals surface area contributed by atoms with Crippen molar-refractivity contribution >= 4 is 17.6 Å². The molecule has 0 bridgehead atoms. The highest BCUT2D eigenvalue weighted by atomic mass is 19.1. The van der Waals surface area contributed by atoms with E-state index in [0.717, 1.165) is 5.56 Å². The normalized spacial score (nSPS) is 11.6. The number of nitrogens with one attached hydrogen (secondary N) is 1. The van der Waals surface area contributed by atoms with Gasteiger partial charge in [-0.15, -0.1) is 0 Å². The van der Waals surface area contributed by atoms with Crippen molar-refractivity contribution in [1.29, 1.82) is 0 Å². The number of halogens is 1. The average Bonchev–Trinajstić information content (AvgIpc) is 3.34. The quantitative estimate of drug-likeness (QED) is 0.394. The predicted octanol–water partition coefficient (Wildman–Crippen LogP) is 2.47. The number of rotatable bonds is 8. The van der Waals surface area contributed by atoms with Crippen molar-refractivity contribution in [2.45, 2.75) is 12.5 Å². The minimum absolute atomic E-state index is 0.0977. The van der Waals surface area contributed by atoms with Crippen molar-refractivity contribution in [2.24, 2.45) is 5.73 Å². The second kappa shape index (κ2) is 9.86. The van der Waals surface area contributed by atoms with Gasteiger partial charge in [-0.3, -0.25) is 14.4 Å². The lowest BCUT2D eigenvalue weighted by molar-refractivity contribution is -0.137. The number of carbonyl (C=O) groups is 3. The van der Waals surface area contributed by atoms with E-state index in [0.29, 0.717) is 11.3 Å². The molecule has 0 saturated carbocycles. The van der Waals surface area contributed by atoms with Gasteiger partial charge in [0.05, 0.1) is 11.3 Å². The number of primary amides is 1. The summed E-state index contributed by atoms with van der Waals surface area (Å²) >= 11 is 0. The van der Waals surface area contributed by atoms with Crippen LogP contribution in [-0.4, -0.2) is 38.4 Å². The van der Waals surface area contributed by atoms with Gasteiger partial charge in [0.2, 0.25) is 5.78 Å². The highest BCUT2D eigenvalue weighted by molar-refractivity contribution is 6.38. The third-order valence-electron chi connectivity index (χ3n) is 5.12. The summed E-state index contributed by atoms with van der Waals surface area (Å²) in [5.41, 5.74) is 7.35. The Morgan fingerprint density at radius 1 is 0.971 bits per heavy atom. The van der Waals surface area contributed by atoms with Crippen LogP contribution in [0.5, 0.6) is 0 Å². The van der Waals surface area contributed by atoms with Crippen molar-refractivity contribution < 1.29 is 18.8 Å². The SMILES string of the molecule is NC(=O)C(=O)[C@H](Cc1ccccc1)NC(=O)c1cccnc1-n1ccc(-c2ccc(F)cc2)n1. The highest BCUT2D eigenvalue weighted by Crippen LogP contribution is 2.20. The molecule has 0 unspecified atom stereocenters. The predicted molar refractivity (Wildman–Crippen MR) is 122 cm³/mol. The van der Waals surface area contributed by atoms with Crippen LogP contribution in [0.2, 0.25) is 0 Å². The summed E-state index contributed by atoms with van der Waals surface area (Å²) in [6.07, 6.45) is 3.22. The minimum atomic E-state index is -1.15. The lowest BCUT2D eigenvalue weighted by Gasteiger charge is -2.17. The number of amides is 2. The first-order valence-electron chi connectivity index (χ1n) is 10.4. The minimum Gasteiger partial charge on any atom is -0.363 e. The number of Topliss-reactive ketones (excluding diaryl/α,β-unsaturated/α-hetero) is 1. The van der Waals surface area contributed by atoms with E-state index in [1.54, 1.807) is 54.7 Å². The van der Waals surface area contributed by atoms with Crippen LogP contribution >= 0.6 is 0 Å². The van der Waals surface area contributed by atoms with E-state index in [4.69, 9.17) is 5.73 Å². The summed E-state index contributed by atoms with van der Waals surface area (Å²) in [7, 11) is 0. The zero-order valence-corrected chi connectivity index (χ0v) is 17.9. The summed E-state index contributed by atoms with van der Waals surface area (Å²) in [6, 6.07) is 18.5. The highest BCUT2D eigenvalue weighted by Gasteiger charge is 2.27. The first-order chi connectivity index (χ1) is 16.4. The summed E-state index contributed by atoms with van der Waals surface area (Å²) in [4.78, 5) is 41.4. The molecular weight excluding hydrogens is 437 g/mol. The first kappa shape index (κ1) is 22.5. The van der Waals surface area contributed by atoms with Gasteiger partial charge in [0.1, 0.15) is 11.9 Å². The topological polar surface area (TPSA) is 120 Å². The smallest absolute Gasteiger partial charge is 0.287 e. The van der Waals surface area contributed by atoms with Crippen molar-refractivity contribution in [3.8, 4) is 17.1 Å². The number of pyridine rings is 1. The van der Waals surface area contributed by atoms with Gasteiger partial charge in [-0.1, -0.05) is 30.3 Å². The second-order valence-electron chi connectivity index (χ2n) is 7.47. The second-order valence-corrected chi connectivity index (χ2v) is 7.47. The average molecular weight is 457 g/mol. The molecule has 0 aliphatic rings. The van der Waals surface area contributed by atoms with Gasteiger partial charge in [0.15, 0.2) is 5.82 Å². The standard InChI is InChI=1S/C25H20FN5O3/c26-18-10-8-17(9-11-18)20-12-14-31(30-20)24-19(7-4-13-28-24)25(34)29-21(22(32)23(27)33)15-16-5-2-1-3-6-16/h1-14,21H,15H2,(H2,27,33)(H,29,34)/t21-/m0/s1. The van der Waals surface area contributed by atoms with E-state index >= 15 is 0 Å². The van der Waals surface area contributed by atoms with Crippen LogP contribution in [0.1, 0.15) is 15.9 Å². The van der Waals surface area contributed by atoms with E-state index in [1.165, 1.54) is 29.1 Å². The van der Waals surface area contributed by atoms with Gasteiger partial charge < -0.3 is 11.1 Å². The lowest BCUT2D eigenvalue weighted by atomic mass is 10.0. The molecule has 9 heteroatoms. The van der Waals surface area contributed by atoms with Crippen LogP contribution in [0.3, 0.4) is 0 Å². The van der Waals surface area contributed by atoms with Gasteiger partial charge in [0, 0.05) is 24.4 Å². The van der Waals surface area contributed by atoms with Crippen molar-refractivity contribution in [3.63, 3.8) is 0 Å². The molecule has 2 aromatic heterocycles. The number of benzene rings is 2. The lowest BCUT2D eigenvalue weighted by Crippen LogP contribution is -2.47.